The van der Waals surface area contributed by atoms with Gasteiger partial charge in [-0.1, -0.05) is 44.2 Å². The molecule has 11 heteroatoms. The summed E-state index contributed by atoms with van der Waals surface area (Å²) in [4.78, 5) is 13.4. The van der Waals surface area contributed by atoms with E-state index in [1.165, 1.54) is 31.4 Å². The molecule has 2 aromatic rings. The molecule has 0 saturated heterocycles. The van der Waals surface area contributed by atoms with Gasteiger partial charge in [-0.2, -0.15) is 13.2 Å². The van der Waals surface area contributed by atoms with Crippen molar-refractivity contribution in [3.05, 3.63) is 54.1 Å². The third-order valence-electron chi connectivity index (χ3n) is 5.90. The lowest BCUT2D eigenvalue weighted by Crippen LogP contribution is -2.53. The Bertz CT molecular complexity index is 1040. The minimum absolute atomic E-state index is 0.0350. The van der Waals surface area contributed by atoms with Crippen molar-refractivity contribution >= 4 is 22.4 Å². The van der Waals surface area contributed by atoms with Crippen LogP contribution in [0, 0.1) is 5.92 Å². The fourth-order valence-electron chi connectivity index (χ4n) is 3.96. The highest BCUT2D eigenvalue weighted by atomic mass is 32.2. The molecule has 1 amide bonds. The van der Waals surface area contributed by atoms with Crippen LogP contribution < -0.4 is 25.4 Å². The summed E-state index contributed by atoms with van der Waals surface area (Å²) in [5.41, 5.74) is 0.691. The van der Waals surface area contributed by atoms with Gasteiger partial charge in [0, 0.05) is 41.5 Å². The largest absolute Gasteiger partial charge is 0.497 e. The number of carbonyl (C=O) groups excluding carboxylic acids is 1. The third-order valence-corrected chi connectivity index (χ3v) is 6.71. The second-order valence-electron chi connectivity index (χ2n) is 9.45. The SMILES string of the molecule is COc1ccc(NC[C@H](CCS(C)=O)NC(=O)C(CC(C)C)N[C@@H](c2ccccc2)C(F)(F)F)c(OC)c1. The van der Waals surface area contributed by atoms with E-state index in [4.69, 9.17) is 9.47 Å². The van der Waals surface area contributed by atoms with Gasteiger partial charge >= 0.3 is 6.18 Å². The smallest absolute Gasteiger partial charge is 0.407 e. The van der Waals surface area contributed by atoms with Crippen molar-refractivity contribution in [1.29, 1.82) is 0 Å². The molecule has 0 aliphatic heterocycles. The maximum Gasteiger partial charge on any atom is 0.407 e. The summed E-state index contributed by atoms with van der Waals surface area (Å²) in [5.74, 6) is 0.886. The van der Waals surface area contributed by atoms with E-state index >= 15 is 0 Å². The van der Waals surface area contributed by atoms with Crippen molar-refractivity contribution in [2.24, 2.45) is 5.92 Å². The Morgan fingerprint density at radius 1 is 1.05 bits per heavy atom. The van der Waals surface area contributed by atoms with E-state index in [-0.39, 0.29) is 24.4 Å². The van der Waals surface area contributed by atoms with Crippen LogP contribution in [-0.2, 0) is 15.6 Å². The first-order valence-electron chi connectivity index (χ1n) is 12.4. The standard InChI is InChI=1S/C27H38F3N3O4S/c1-18(2)15-23(33-25(27(28,29)30)19-9-7-6-8-10-19)26(34)32-20(13-14-38(5)35)17-31-22-12-11-21(36-3)16-24(22)37-4/h6-12,16,18,20,23,25,31,33H,13-15,17H2,1-5H3,(H,32,34)/t20-,23?,25-,38?/m0/s1. The van der Waals surface area contributed by atoms with Crippen LogP contribution in [0.5, 0.6) is 11.5 Å². The normalized spacial score (nSPS) is 14.9. The van der Waals surface area contributed by atoms with Gasteiger partial charge in [0.15, 0.2) is 0 Å². The highest BCUT2D eigenvalue weighted by Crippen LogP contribution is 2.33. The Morgan fingerprint density at radius 2 is 1.74 bits per heavy atom. The topological polar surface area (TPSA) is 88.7 Å². The van der Waals surface area contributed by atoms with Crippen molar-refractivity contribution < 1.29 is 31.6 Å². The number of methoxy groups -OCH3 is 2. The van der Waals surface area contributed by atoms with Gasteiger partial charge in [0.05, 0.1) is 25.9 Å². The summed E-state index contributed by atoms with van der Waals surface area (Å²) in [5, 5.41) is 8.67. The van der Waals surface area contributed by atoms with Gasteiger partial charge in [0.2, 0.25) is 5.91 Å². The number of nitrogens with one attached hydrogen (secondary N) is 3. The lowest BCUT2D eigenvalue weighted by atomic mass is 9.99. The lowest BCUT2D eigenvalue weighted by Gasteiger charge is -2.30. The zero-order valence-electron chi connectivity index (χ0n) is 22.4. The van der Waals surface area contributed by atoms with E-state index in [2.05, 4.69) is 16.0 Å². The number of anilines is 1. The van der Waals surface area contributed by atoms with Crippen molar-refractivity contribution in [2.45, 2.75) is 51.0 Å². The van der Waals surface area contributed by atoms with Gasteiger partial charge in [-0.05, 0) is 36.5 Å². The van der Waals surface area contributed by atoms with Crippen molar-refractivity contribution in [1.82, 2.24) is 10.6 Å². The van der Waals surface area contributed by atoms with Gasteiger partial charge in [-0.15, -0.1) is 0 Å². The van der Waals surface area contributed by atoms with E-state index in [0.29, 0.717) is 29.4 Å². The molecular weight excluding hydrogens is 519 g/mol. The maximum absolute atomic E-state index is 14.0. The number of benzene rings is 2. The second-order valence-corrected chi connectivity index (χ2v) is 11.0. The molecule has 0 radical (unpaired) electrons. The molecule has 0 heterocycles. The average Bonchev–Trinajstić information content (AvgIpc) is 2.87. The van der Waals surface area contributed by atoms with Crippen molar-refractivity contribution in [3.8, 4) is 11.5 Å². The Labute approximate surface area is 225 Å². The lowest BCUT2D eigenvalue weighted by molar-refractivity contribution is -0.161. The summed E-state index contributed by atoms with van der Waals surface area (Å²) >= 11 is 0. The van der Waals surface area contributed by atoms with Crippen LogP contribution in [0.3, 0.4) is 0 Å². The number of carbonyl (C=O) groups is 1. The van der Waals surface area contributed by atoms with E-state index in [0.717, 1.165) is 0 Å². The van der Waals surface area contributed by atoms with Gasteiger partial charge in [-0.3, -0.25) is 14.3 Å². The summed E-state index contributed by atoms with van der Waals surface area (Å²) in [7, 11) is 1.95. The molecule has 0 fully saturated rings. The monoisotopic (exact) mass is 557 g/mol. The van der Waals surface area contributed by atoms with Crippen molar-refractivity contribution in [3.63, 3.8) is 0 Å². The average molecular weight is 558 g/mol. The van der Waals surface area contributed by atoms with Crippen molar-refractivity contribution in [2.75, 3.05) is 38.1 Å². The van der Waals surface area contributed by atoms with E-state index < -0.39 is 41.0 Å². The van der Waals surface area contributed by atoms with Crippen LogP contribution in [0.1, 0.15) is 38.3 Å². The summed E-state index contributed by atoms with van der Waals surface area (Å²) in [6, 6.07) is 9.14. The summed E-state index contributed by atoms with van der Waals surface area (Å²) in [6.07, 6.45) is -2.45. The zero-order chi connectivity index (χ0) is 28.3. The molecule has 0 aromatic heterocycles. The van der Waals surface area contributed by atoms with Crippen LogP contribution in [0.4, 0.5) is 18.9 Å². The fraction of sp³-hybridized carbons (Fsp3) is 0.519. The number of halogens is 3. The molecular formula is C27H38F3N3O4S. The molecule has 2 unspecified atom stereocenters. The third kappa shape index (κ3) is 10.2. The Kier molecular flexibility index (Phi) is 12.4. The molecule has 212 valence electrons. The first-order valence-corrected chi connectivity index (χ1v) is 14.1. The van der Waals surface area contributed by atoms with Crippen LogP contribution in [0.2, 0.25) is 0 Å². The fourth-order valence-corrected chi connectivity index (χ4v) is 4.58. The Balaban J connectivity index is 2.23. The minimum atomic E-state index is -4.60. The van der Waals surface area contributed by atoms with Gasteiger partial charge < -0.3 is 20.1 Å². The quantitative estimate of drug-likeness (QED) is 0.295. The molecule has 0 spiro atoms. The number of rotatable bonds is 15. The van der Waals surface area contributed by atoms with Crippen LogP contribution in [0.25, 0.3) is 0 Å². The number of hydrogen-bond acceptors (Lipinski definition) is 6. The number of hydrogen-bond donors (Lipinski definition) is 3. The van der Waals surface area contributed by atoms with Crippen LogP contribution in [-0.4, -0.2) is 61.1 Å². The van der Waals surface area contributed by atoms with Gasteiger partial charge in [0.25, 0.3) is 0 Å². The second kappa shape index (κ2) is 15.0. The minimum Gasteiger partial charge on any atom is -0.497 e. The van der Waals surface area contributed by atoms with Crippen LogP contribution >= 0.6 is 0 Å². The molecule has 3 N–H and O–H groups in total. The van der Waals surface area contributed by atoms with Gasteiger partial charge in [-0.25, -0.2) is 0 Å². The molecule has 38 heavy (non-hydrogen) atoms. The molecule has 2 rings (SSSR count). The Morgan fingerprint density at radius 3 is 2.29 bits per heavy atom. The molecule has 0 aliphatic rings. The molecule has 0 bridgehead atoms. The number of amides is 1. The number of alkyl halides is 3. The van der Waals surface area contributed by atoms with E-state index in [1.54, 1.807) is 37.6 Å². The molecule has 0 aliphatic carbocycles. The van der Waals surface area contributed by atoms with E-state index in [1.807, 2.05) is 13.8 Å². The summed E-state index contributed by atoms with van der Waals surface area (Å²) < 4.78 is 64.4. The predicted molar refractivity (Wildman–Crippen MR) is 145 cm³/mol. The first-order chi connectivity index (χ1) is 17.9. The maximum atomic E-state index is 14.0. The van der Waals surface area contributed by atoms with E-state index in [9.17, 15) is 22.2 Å². The predicted octanol–water partition coefficient (Wildman–Crippen LogP) is 4.68. The van der Waals surface area contributed by atoms with Gasteiger partial charge in [0.1, 0.15) is 17.5 Å². The zero-order valence-corrected chi connectivity index (χ0v) is 23.2. The molecule has 2 aromatic carbocycles. The highest BCUT2D eigenvalue weighted by molar-refractivity contribution is 7.84. The molecule has 0 saturated carbocycles. The summed E-state index contributed by atoms with van der Waals surface area (Å²) in [6.45, 7) is 3.95. The van der Waals surface area contributed by atoms with Crippen LogP contribution in [0.15, 0.2) is 48.5 Å². The molecule has 7 nitrogen and oxygen atoms in total. The number of ether oxygens (including phenoxy) is 2. The first kappa shape index (κ1) is 31.4. The Hall–Kier alpha value is -2.79. The highest BCUT2D eigenvalue weighted by Gasteiger charge is 2.43. The molecule has 4 atom stereocenters.